The van der Waals surface area contributed by atoms with Crippen LogP contribution in [0.25, 0.3) is 10.9 Å². The fourth-order valence-corrected chi connectivity index (χ4v) is 2.62. The first kappa shape index (κ1) is 12.9. The maximum Gasteiger partial charge on any atom is 0.258 e. The van der Waals surface area contributed by atoms with E-state index < -0.39 is 5.60 Å². The van der Waals surface area contributed by atoms with E-state index in [2.05, 4.69) is 14.9 Å². The highest BCUT2D eigenvalue weighted by Crippen LogP contribution is 2.31. The Bertz CT molecular complexity index is 698. The standard InChI is InChI=1S/C14H18N4O2/c1-14(20)2-4-18(5-3-14)12-7-11-9(6-10(12)15)13(19)17-8-16-11/h6-8,20H,2-5,15H2,1H3,(H,16,17,19). The Morgan fingerprint density at radius 2 is 2.10 bits per heavy atom. The molecule has 20 heavy (non-hydrogen) atoms. The molecule has 0 amide bonds. The summed E-state index contributed by atoms with van der Waals surface area (Å²) in [4.78, 5) is 20.6. The molecule has 2 aromatic rings. The zero-order valence-corrected chi connectivity index (χ0v) is 11.4. The highest BCUT2D eigenvalue weighted by molar-refractivity contribution is 5.88. The molecule has 0 atom stereocenters. The topological polar surface area (TPSA) is 95.2 Å². The first-order valence-corrected chi connectivity index (χ1v) is 6.70. The number of fused-ring (bicyclic) bond motifs is 1. The Balaban J connectivity index is 2.00. The number of nitrogen functional groups attached to an aromatic ring is 1. The summed E-state index contributed by atoms with van der Waals surface area (Å²) in [5.41, 5.74) is 7.37. The van der Waals surface area contributed by atoms with Crippen molar-refractivity contribution in [1.29, 1.82) is 0 Å². The molecule has 0 radical (unpaired) electrons. The van der Waals surface area contributed by atoms with Gasteiger partial charge >= 0.3 is 0 Å². The number of hydrogen-bond donors (Lipinski definition) is 3. The Morgan fingerprint density at radius 3 is 2.80 bits per heavy atom. The van der Waals surface area contributed by atoms with Crippen molar-refractivity contribution in [2.75, 3.05) is 23.7 Å². The summed E-state index contributed by atoms with van der Waals surface area (Å²) in [6, 6.07) is 3.52. The molecular formula is C14H18N4O2. The number of nitrogens with two attached hydrogens (primary N) is 1. The van der Waals surface area contributed by atoms with Gasteiger partial charge in [0.05, 0.1) is 34.2 Å². The molecule has 0 unspecified atom stereocenters. The molecule has 3 rings (SSSR count). The van der Waals surface area contributed by atoms with Crippen LogP contribution in [0.1, 0.15) is 19.8 Å². The number of rotatable bonds is 1. The number of H-pyrrole nitrogens is 1. The fourth-order valence-electron chi connectivity index (χ4n) is 2.62. The van der Waals surface area contributed by atoms with Crippen molar-refractivity contribution in [3.05, 3.63) is 28.8 Å². The molecule has 0 aliphatic carbocycles. The minimum absolute atomic E-state index is 0.185. The molecule has 0 spiro atoms. The van der Waals surface area contributed by atoms with E-state index in [0.29, 0.717) is 29.4 Å². The fraction of sp³-hybridized carbons (Fsp3) is 0.429. The minimum Gasteiger partial charge on any atom is -0.397 e. The van der Waals surface area contributed by atoms with Gasteiger partial charge in [0.15, 0.2) is 0 Å². The van der Waals surface area contributed by atoms with Crippen molar-refractivity contribution < 1.29 is 5.11 Å². The quantitative estimate of drug-likeness (QED) is 0.670. The van der Waals surface area contributed by atoms with E-state index in [1.807, 2.05) is 13.0 Å². The smallest absolute Gasteiger partial charge is 0.258 e. The number of hydrogen-bond acceptors (Lipinski definition) is 5. The summed E-state index contributed by atoms with van der Waals surface area (Å²) < 4.78 is 0. The maximum absolute atomic E-state index is 11.7. The molecular weight excluding hydrogens is 256 g/mol. The van der Waals surface area contributed by atoms with Crippen molar-refractivity contribution in [1.82, 2.24) is 9.97 Å². The first-order valence-electron chi connectivity index (χ1n) is 6.70. The summed E-state index contributed by atoms with van der Waals surface area (Å²) in [7, 11) is 0. The number of nitrogens with one attached hydrogen (secondary N) is 1. The molecule has 1 aliphatic rings. The predicted octanol–water partition coefficient (Wildman–Crippen LogP) is 0.857. The number of anilines is 2. The Kier molecular flexibility index (Phi) is 2.90. The van der Waals surface area contributed by atoms with Gasteiger partial charge in [-0.2, -0.15) is 0 Å². The summed E-state index contributed by atoms with van der Waals surface area (Å²) >= 11 is 0. The monoisotopic (exact) mass is 274 g/mol. The van der Waals surface area contributed by atoms with Crippen LogP contribution in [0.3, 0.4) is 0 Å². The molecule has 6 nitrogen and oxygen atoms in total. The third-order valence-corrected chi connectivity index (χ3v) is 3.97. The van der Waals surface area contributed by atoms with Crippen molar-refractivity contribution in [3.8, 4) is 0 Å². The first-order chi connectivity index (χ1) is 9.46. The molecule has 0 bridgehead atoms. The van der Waals surface area contributed by atoms with Gasteiger partial charge in [-0.1, -0.05) is 0 Å². The van der Waals surface area contributed by atoms with Crippen LogP contribution < -0.4 is 16.2 Å². The molecule has 1 fully saturated rings. The summed E-state index contributed by atoms with van der Waals surface area (Å²) in [6.07, 6.45) is 2.80. The average molecular weight is 274 g/mol. The highest BCUT2D eigenvalue weighted by Gasteiger charge is 2.28. The van der Waals surface area contributed by atoms with E-state index in [0.717, 1.165) is 18.8 Å². The molecule has 4 N–H and O–H groups in total. The molecule has 1 aromatic heterocycles. The van der Waals surface area contributed by atoms with Gasteiger partial charge in [-0.15, -0.1) is 0 Å². The number of nitrogens with zero attached hydrogens (tertiary/aromatic N) is 2. The van der Waals surface area contributed by atoms with Crippen LogP contribution >= 0.6 is 0 Å². The highest BCUT2D eigenvalue weighted by atomic mass is 16.3. The largest absolute Gasteiger partial charge is 0.397 e. The molecule has 2 heterocycles. The molecule has 6 heteroatoms. The van der Waals surface area contributed by atoms with Crippen molar-refractivity contribution in [2.45, 2.75) is 25.4 Å². The minimum atomic E-state index is -0.600. The molecule has 1 saturated heterocycles. The molecule has 1 aliphatic heterocycles. The second-order valence-electron chi connectivity index (χ2n) is 5.64. The molecule has 0 saturated carbocycles. The summed E-state index contributed by atoms with van der Waals surface area (Å²) in [5, 5.41) is 10.5. The van der Waals surface area contributed by atoms with Crippen molar-refractivity contribution in [2.24, 2.45) is 0 Å². The van der Waals surface area contributed by atoms with E-state index in [1.165, 1.54) is 6.33 Å². The number of benzene rings is 1. The summed E-state index contributed by atoms with van der Waals surface area (Å²) in [5.74, 6) is 0. The van der Waals surface area contributed by atoms with E-state index >= 15 is 0 Å². The average Bonchev–Trinajstić information content (AvgIpc) is 2.40. The third-order valence-electron chi connectivity index (χ3n) is 3.97. The second-order valence-corrected chi connectivity index (χ2v) is 5.64. The van der Waals surface area contributed by atoms with E-state index in [1.54, 1.807) is 6.07 Å². The van der Waals surface area contributed by atoms with Crippen LogP contribution in [0.5, 0.6) is 0 Å². The van der Waals surface area contributed by atoms with Gasteiger partial charge < -0.3 is 20.7 Å². The SMILES string of the molecule is CC1(O)CCN(c2cc3nc[nH]c(=O)c3cc2N)CC1. The van der Waals surface area contributed by atoms with Gasteiger partial charge in [0, 0.05) is 13.1 Å². The van der Waals surface area contributed by atoms with Crippen LogP contribution in [0.2, 0.25) is 0 Å². The van der Waals surface area contributed by atoms with E-state index in [9.17, 15) is 9.90 Å². The number of piperidine rings is 1. The Labute approximate surface area is 116 Å². The zero-order valence-electron chi connectivity index (χ0n) is 11.4. The van der Waals surface area contributed by atoms with Crippen LogP contribution in [0, 0.1) is 0 Å². The Hall–Kier alpha value is -2.08. The van der Waals surface area contributed by atoms with Gasteiger partial charge in [-0.3, -0.25) is 4.79 Å². The Morgan fingerprint density at radius 1 is 1.40 bits per heavy atom. The lowest BCUT2D eigenvalue weighted by Gasteiger charge is -2.37. The third kappa shape index (κ3) is 2.22. The van der Waals surface area contributed by atoms with Gasteiger partial charge in [0.2, 0.25) is 0 Å². The van der Waals surface area contributed by atoms with Crippen LogP contribution in [0.15, 0.2) is 23.3 Å². The number of aromatic amines is 1. The maximum atomic E-state index is 11.7. The van der Waals surface area contributed by atoms with Gasteiger partial charge in [0.1, 0.15) is 0 Å². The van der Waals surface area contributed by atoms with Gasteiger partial charge in [-0.05, 0) is 31.9 Å². The van der Waals surface area contributed by atoms with Crippen LogP contribution in [-0.4, -0.2) is 33.8 Å². The van der Waals surface area contributed by atoms with Gasteiger partial charge in [-0.25, -0.2) is 4.98 Å². The molecule has 1 aromatic carbocycles. The number of aliphatic hydroxyl groups is 1. The lowest BCUT2D eigenvalue weighted by molar-refractivity contribution is 0.0351. The van der Waals surface area contributed by atoms with Crippen LogP contribution in [0.4, 0.5) is 11.4 Å². The van der Waals surface area contributed by atoms with E-state index in [4.69, 9.17) is 5.73 Å². The zero-order chi connectivity index (χ0) is 14.3. The van der Waals surface area contributed by atoms with Crippen LogP contribution in [-0.2, 0) is 0 Å². The lowest BCUT2D eigenvalue weighted by Crippen LogP contribution is -2.42. The van der Waals surface area contributed by atoms with E-state index in [-0.39, 0.29) is 5.56 Å². The van der Waals surface area contributed by atoms with Crippen molar-refractivity contribution in [3.63, 3.8) is 0 Å². The normalized spacial score (nSPS) is 18.4. The van der Waals surface area contributed by atoms with Crippen molar-refractivity contribution >= 4 is 22.3 Å². The second kappa shape index (κ2) is 4.49. The predicted molar refractivity (Wildman–Crippen MR) is 78.8 cm³/mol. The lowest BCUT2D eigenvalue weighted by atomic mass is 9.93. The summed E-state index contributed by atoms with van der Waals surface area (Å²) in [6.45, 7) is 3.34. The van der Waals surface area contributed by atoms with Gasteiger partial charge in [0.25, 0.3) is 5.56 Å². The molecule has 106 valence electrons. The number of aromatic nitrogens is 2.